The number of hydrogen-bond acceptors (Lipinski definition) is 2. The summed E-state index contributed by atoms with van der Waals surface area (Å²) in [6.07, 6.45) is 0. The Kier molecular flexibility index (Phi) is 2.61. The van der Waals surface area contributed by atoms with E-state index in [0.29, 0.717) is 11.8 Å². The van der Waals surface area contributed by atoms with Crippen LogP contribution in [0.5, 0.6) is 5.75 Å². The van der Waals surface area contributed by atoms with Gasteiger partial charge in [-0.3, -0.25) is 4.79 Å². The van der Waals surface area contributed by atoms with Gasteiger partial charge in [0.25, 0.3) is 0 Å². The number of hydrogen-bond donors (Lipinski definition) is 0. The Bertz CT molecular complexity index is 662. The van der Waals surface area contributed by atoms with E-state index in [9.17, 15) is 13.6 Å². The van der Waals surface area contributed by atoms with Crippen LogP contribution in [0.2, 0.25) is 0 Å². The van der Waals surface area contributed by atoms with Crippen LogP contribution >= 0.6 is 0 Å². The van der Waals surface area contributed by atoms with Crippen molar-refractivity contribution in [3.63, 3.8) is 0 Å². The molecule has 1 aromatic carbocycles. The van der Waals surface area contributed by atoms with Crippen LogP contribution in [0, 0.1) is 18.6 Å². The Hall–Kier alpha value is -1.91. The third-order valence-corrected chi connectivity index (χ3v) is 2.86. The van der Waals surface area contributed by atoms with Gasteiger partial charge in [0.15, 0.2) is 5.75 Å². The quantitative estimate of drug-likeness (QED) is 0.763. The normalized spacial score (nSPS) is 10.9. The van der Waals surface area contributed by atoms with Crippen LogP contribution in [0.25, 0.3) is 10.9 Å². The molecule has 0 aliphatic rings. The molecule has 1 heterocycles. The van der Waals surface area contributed by atoms with Gasteiger partial charge in [0.05, 0.1) is 23.7 Å². The van der Waals surface area contributed by atoms with Crippen LogP contribution < -0.4 is 10.2 Å². The molecule has 0 saturated heterocycles. The van der Waals surface area contributed by atoms with Crippen molar-refractivity contribution in [3.05, 3.63) is 39.7 Å². The molecule has 0 saturated carbocycles. The molecule has 3 nitrogen and oxygen atoms in total. The molecule has 0 spiro atoms. The maximum atomic E-state index is 13.6. The Morgan fingerprint density at radius 3 is 2.53 bits per heavy atom. The summed E-state index contributed by atoms with van der Waals surface area (Å²) in [5, 5.41) is -0.156. The predicted octanol–water partition coefficient (Wildman–Crippen LogP) is 2.13. The number of benzene rings is 1. The maximum absolute atomic E-state index is 13.6. The van der Waals surface area contributed by atoms with E-state index in [1.54, 1.807) is 14.0 Å². The van der Waals surface area contributed by atoms with E-state index in [0.717, 1.165) is 6.07 Å². The predicted molar refractivity (Wildman–Crippen MR) is 60.4 cm³/mol. The fourth-order valence-electron chi connectivity index (χ4n) is 1.90. The number of methoxy groups -OCH3 is 1. The monoisotopic (exact) mass is 239 g/mol. The molecule has 0 bridgehead atoms. The average Bonchev–Trinajstić information content (AvgIpc) is 2.25. The fraction of sp³-hybridized carbons (Fsp3) is 0.250. The molecule has 0 N–H and O–H groups in total. The van der Waals surface area contributed by atoms with E-state index in [1.165, 1.54) is 11.7 Å². The Morgan fingerprint density at radius 1 is 1.29 bits per heavy atom. The zero-order valence-corrected chi connectivity index (χ0v) is 9.67. The number of ether oxygens (including phenoxy) is 1. The zero-order chi connectivity index (χ0) is 12.7. The van der Waals surface area contributed by atoms with Crippen LogP contribution in [0.3, 0.4) is 0 Å². The summed E-state index contributed by atoms with van der Waals surface area (Å²) >= 11 is 0. The summed E-state index contributed by atoms with van der Waals surface area (Å²) in [4.78, 5) is 12.0. The van der Waals surface area contributed by atoms with Crippen molar-refractivity contribution in [2.45, 2.75) is 6.92 Å². The highest BCUT2D eigenvalue weighted by atomic mass is 19.1. The largest absolute Gasteiger partial charge is 0.491 e. The van der Waals surface area contributed by atoms with Gasteiger partial charge in [-0.05, 0) is 13.0 Å². The molecule has 2 aromatic rings. The van der Waals surface area contributed by atoms with Crippen molar-refractivity contribution in [1.82, 2.24) is 4.57 Å². The summed E-state index contributed by atoms with van der Waals surface area (Å²) in [5.74, 6) is -1.51. The molecular weight excluding hydrogens is 228 g/mol. The van der Waals surface area contributed by atoms with E-state index in [-0.39, 0.29) is 16.7 Å². The third kappa shape index (κ3) is 1.58. The van der Waals surface area contributed by atoms with E-state index in [4.69, 9.17) is 4.74 Å². The molecule has 0 amide bonds. The number of rotatable bonds is 1. The first-order chi connectivity index (χ1) is 7.97. The van der Waals surface area contributed by atoms with Crippen LogP contribution in [0.1, 0.15) is 5.69 Å². The second-order valence-corrected chi connectivity index (χ2v) is 3.79. The lowest BCUT2D eigenvalue weighted by molar-refractivity contribution is 0.403. The zero-order valence-electron chi connectivity index (χ0n) is 9.67. The van der Waals surface area contributed by atoms with Gasteiger partial charge in [-0.1, -0.05) is 0 Å². The number of halogens is 2. The van der Waals surface area contributed by atoms with Gasteiger partial charge in [-0.2, -0.15) is 0 Å². The first-order valence-electron chi connectivity index (χ1n) is 4.99. The highest BCUT2D eigenvalue weighted by Gasteiger charge is 2.16. The Morgan fingerprint density at radius 2 is 1.94 bits per heavy atom. The van der Waals surface area contributed by atoms with Gasteiger partial charge in [0.1, 0.15) is 11.6 Å². The van der Waals surface area contributed by atoms with Crippen LogP contribution in [-0.2, 0) is 7.05 Å². The lowest BCUT2D eigenvalue weighted by Crippen LogP contribution is -2.15. The van der Waals surface area contributed by atoms with Crippen molar-refractivity contribution in [2.75, 3.05) is 7.11 Å². The van der Waals surface area contributed by atoms with Crippen LogP contribution in [0.15, 0.2) is 16.9 Å². The molecule has 0 atom stereocenters. The van der Waals surface area contributed by atoms with Gasteiger partial charge in [-0.25, -0.2) is 8.78 Å². The highest BCUT2D eigenvalue weighted by Crippen LogP contribution is 2.22. The number of aromatic nitrogens is 1. The van der Waals surface area contributed by atoms with Crippen LogP contribution in [0.4, 0.5) is 8.78 Å². The van der Waals surface area contributed by atoms with Crippen molar-refractivity contribution in [2.24, 2.45) is 7.05 Å². The van der Waals surface area contributed by atoms with Gasteiger partial charge in [0, 0.05) is 13.1 Å². The maximum Gasteiger partial charge on any atom is 0.234 e. The number of fused-ring (bicyclic) bond motifs is 1. The van der Waals surface area contributed by atoms with Gasteiger partial charge in [-0.15, -0.1) is 0 Å². The summed E-state index contributed by atoms with van der Waals surface area (Å²) < 4.78 is 33.2. The van der Waals surface area contributed by atoms with Gasteiger partial charge < -0.3 is 9.30 Å². The van der Waals surface area contributed by atoms with Crippen molar-refractivity contribution in [3.8, 4) is 5.75 Å². The third-order valence-electron chi connectivity index (χ3n) is 2.86. The number of nitrogens with zero attached hydrogens (tertiary/aromatic N) is 1. The van der Waals surface area contributed by atoms with E-state index in [1.807, 2.05) is 0 Å². The Labute approximate surface area is 96.2 Å². The molecule has 5 heteroatoms. The molecule has 90 valence electrons. The fourth-order valence-corrected chi connectivity index (χ4v) is 1.90. The second kappa shape index (κ2) is 3.84. The average molecular weight is 239 g/mol. The van der Waals surface area contributed by atoms with Crippen molar-refractivity contribution >= 4 is 10.9 Å². The topological polar surface area (TPSA) is 31.2 Å². The second-order valence-electron chi connectivity index (χ2n) is 3.79. The molecule has 0 aliphatic heterocycles. The summed E-state index contributed by atoms with van der Waals surface area (Å²) in [6.45, 7) is 1.66. The molecule has 0 aliphatic carbocycles. The molecule has 0 radical (unpaired) electrons. The summed E-state index contributed by atoms with van der Waals surface area (Å²) in [5.41, 5.74) is 0.177. The Balaban J connectivity index is 3.10. The highest BCUT2D eigenvalue weighted by molar-refractivity contribution is 5.81. The molecular formula is C12H11F2NO2. The van der Waals surface area contributed by atoms with E-state index >= 15 is 0 Å². The van der Waals surface area contributed by atoms with E-state index in [2.05, 4.69) is 0 Å². The van der Waals surface area contributed by atoms with Crippen molar-refractivity contribution < 1.29 is 13.5 Å². The van der Waals surface area contributed by atoms with Gasteiger partial charge >= 0.3 is 0 Å². The molecule has 2 rings (SSSR count). The van der Waals surface area contributed by atoms with Crippen LogP contribution in [-0.4, -0.2) is 11.7 Å². The minimum absolute atomic E-state index is 0.0745. The standard InChI is InChI=1S/C12H11F2NO2/c1-6-12(17-3)11(16)10-8(14)4-7(13)5-9(10)15(6)2/h4-5H,1-3H3. The van der Waals surface area contributed by atoms with Crippen molar-refractivity contribution in [1.29, 1.82) is 0 Å². The minimum Gasteiger partial charge on any atom is -0.491 e. The lowest BCUT2D eigenvalue weighted by Gasteiger charge is -2.13. The van der Waals surface area contributed by atoms with E-state index < -0.39 is 17.1 Å². The molecule has 0 fully saturated rings. The summed E-state index contributed by atoms with van der Waals surface area (Å²) in [6, 6.07) is 1.82. The molecule has 0 unspecified atom stereocenters. The first-order valence-corrected chi connectivity index (χ1v) is 4.99. The van der Waals surface area contributed by atoms with Gasteiger partial charge in [0.2, 0.25) is 5.43 Å². The SMILES string of the molecule is COc1c(C)n(C)c2cc(F)cc(F)c2c1=O. The first kappa shape index (κ1) is 11.6. The molecule has 1 aromatic heterocycles. The molecule has 17 heavy (non-hydrogen) atoms. The summed E-state index contributed by atoms with van der Waals surface area (Å²) in [7, 11) is 2.97. The smallest absolute Gasteiger partial charge is 0.234 e. The number of aryl methyl sites for hydroxylation is 1. The lowest BCUT2D eigenvalue weighted by atomic mass is 10.1. The number of pyridine rings is 1. The minimum atomic E-state index is -0.876.